The Bertz CT molecular complexity index is 916. The first-order valence-corrected chi connectivity index (χ1v) is 8.61. The summed E-state index contributed by atoms with van der Waals surface area (Å²) in [6.07, 6.45) is -0.00113. The fourth-order valence-corrected chi connectivity index (χ4v) is 3.11. The van der Waals surface area contributed by atoms with Crippen LogP contribution in [0.2, 0.25) is 5.02 Å². The van der Waals surface area contributed by atoms with Gasteiger partial charge in [-0.3, -0.25) is 14.4 Å². The summed E-state index contributed by atoms with van der Waals surface area (Å²) in [5.74, 6) is -0.429. The molecule has 1 aliphatic rings. The van der Waals surface area contributed by atoms with Crippen LogP contribution in [-0.2, 0) is 14.4 Å². The molecule has 2 aromatic rings. The standard InChI is InChI=1S/C19H18ClN3O4/c1-11(24)21-13-6-7-17(27-2)15(9-13)22-16-10-18(25)23(19(16)26)14-5-3-4-12(20)8-14/h3-9,16,22H,10H2,1-2H3,(H,21,24)/t16-/m1/s1. The van der Waals surface area contributed by atoms with Gasteiger partial charge in [0.1, 0.15) is 11.8 Å². The minimum absolute atomic E-state index is 0.00113. The number of imide groups is 1. The molecule has 1 saturated heterocycles. The van der Waals surface area contributed by atoms with E-state index < -0.39 is 6.04 Å². The second-order valence-electron chi connectivity index (χ2n) is 6.04. The molecule has 0 aromatic heterocycles. The number of benzene rings is 2. The Morgan fingerprint density at radius 1 is 1.22 bits per heavy atom. The number of halogens is 1. The maximum atomic E-state index is 12.8. The van der Waals surface area contributed by atoms with Gasteiger partial charge < -0.3 is 15.4 Å². The molecule has 0 aliphatic carbocycles. The molecule has 0 unspecified atom stereocenters. The lowest BCUT2D eigenvalue weighted by Crippen LogP contribution is -2.34. The van der Waals surface area contributed by atoms with E-state index in [1.54, 1.807) is 42.5 Å². The lowest BCUT2D eigenvalue weighted by atomic mass is 10.2. The van der Waals surface area contributed by atoms with Crippen LogP contribution >= 0.6 is 11.6 Å². The van der Waals surface area contributed by atoms with Crippen LogP contribution in [0.3, 0.4) is 0 Å². The molecule has 1 heterocycles. The van der Waals surface area contributed by atoms with Crippen molar-refractivity contribution in [3.8, 4) is 5.75 Å². The molecule has 0 bridgehead atoms. The van der Waals surface area contributed by atoms with E-state index in [4.69, 9.17) is 16.3 Å². The van der Waals surface area contributed by atoms with Gasteiger partial charge in [-0.25, -0.2) is 4.90 Å². The van der Waals surface area contributed by atoms with Crippen molar-refractivity contribution in [2.45, 2.75) is 19.4 Å². The number of hydrogen-bond acceptors (Lipinski definition) is 5. The summed E-state index contributed by atoms with van der Waals surface area (Å²) < 4.78 is 5.30. The number of nitrogens with zero attached hydrogens (tertiary/aromatic N) is 1. The molecule has 1 atom stereocenters. The van der Waals surface area contributed by atoms with Crippen LogP contribution in [0, 0.1) is 0 Å². The largest absolute Gasteiger partial charge is 0.495 e. The van der Waals surface area contributed by atoms with E-state index in [1.165, 1.54) is 14.0 Å². The minimum Gasteiger partial charge on any atom is -0.495 e. The van der Waals surface area contributed by atoms with Gasteiger partial charge in [-0.1, -0.05) is 17.7 Å². The van der Waals surface area contributed by atoms with E-state index in [0.717, 1.165) is 4.90 Å². The van der Waals surface area contributed by atoms with Crippen molar-refractivity contribution in [3.63, 3.8) is 0 Å². The molecular formula is C19H18ClN3O4. The zero-order valence-corrected chi connectivity index (χ0v) is 15.5. The van der Waals surface area contributed by atoms with E-state index in [2.05, 4.69) is 10.6 Å². The third-order valence-corrected chi connectivity index (χ3v) is 4.30. The van der Waals surface area contributed by atoms with Gasteiger partial charge >= 0.3 is 0 Å². The van der Waals surface area contributed by atoms with E-state index in [-0.39, 0.29) is 24.1 Å². The Balaban J connectivity index is 1.85. The molecule has 1 fully saturated rings. The summed E-state index contributed by atoms with van der Waals surface area (Å²) in [7, 11) is 1.50. The number of anilines is 3. The number of amides is 3. The summed E-state index contributed by atoms with van der Waals surface area (Å²) in [4.78, 5) is 37.6. The average Bonchev–Trinajstić information content (AvgIpc) is 2.88. The Morgan fingerprint density at radius 2 is 2.00 bits per heavy atom. The number of rotatable bonds is 5. The smallest absolute Gasteiger partial charge is 0.256 e. The predicted octanol–water partition coefficient (Wildman–Crippen LogP) is 3.05. The van der Waals surface area contributed by atoms with Crippen LogP contribution in [0.1, 0.15) is 13.3 Å². The van der Waals surface area contributed by atoms with Gasteiger partial charge in [-0.05, 0) is 36.4 Å². The fraction of sp³-hybridized carbons (Fsp3) is 0.211. The van der Waals surface area contributed by atoms with Crippen molar-refractivity contribution < 1.29 is 19.1 Å². The Kier molecular flexibility index (Phi) is 5.32. The molecule has 0 saturated carbocycles. The van der Waals surface area contributed by atoms with E-state index in [1.807, 2.05) is 0 Å². The van der Waals surface area contributed by atoms with Crippen LogP contribution in [0.15, 0.2) is 42.5 Å². The van der Waals surface area contributed by atoms with E-state index in [0.29, 0.717) is 27.8 Å². The number of carbonyl (C=O) groups excluding carboxylic acids is 3. The second-order valence-corrected chi connectivity index (χ2v) is 6.48. The highest BCUT2D eigenvalue weighted by atomic mass is 35.5. The van der Waals surface area contributed by atoms with Crippen LogP contribution in [-0.4, -0.2) is 30.9 Å². The summed E-state index contributed by atoms with van der Waals surface area (Å²) in [5, 5.41) is 6.16. The van der Waals surface area contributed by atoms with Crippen molar-refractivity contribution >= 4 is 46.4 Å². The zero-order chi connectivity index (χ0) is 19.6. The summed E-state index contributed by atoms with van der Waals surface area (Å²) in [6, 6.07) is 10.8. The number of hydrogen-bond donors (Lipinski definition) is 2. The normalized spacial score (nSPS) is 16.4. The first-order chi connectivity index (χ1) is 12.9. The molecule has 140 valence electrons. The summed E-state index contributed by atoms with van der Waals surface area (Å²) in [5.41, 5.74) is 1.48. The van der Waals surface area contributed by atoms with Gasteiger partial charge in [0.05, 0.1) is 24.9 Å². The topological polar surface area (TPSA) is 87.7 Å². The highest BCUT2D eigenvalue weighted by molar-refractivity contribution is 6.31. The first kappa shape index (κ1) is 18.7. The summed E-state index contributed by atoms with van der Waals surface area (Å²) >= 11 is 5.97. The lowest BCUT2D eigenvalue weighted by Gasteiger charge is -2.18. The zero-order valence-electron chi connectivity index (χ0n) is 14.8. The SMILES string of the molecule is COc1ccc(NC(C)=O)cc1N[C@@H]1CC(=O)N(c2cccc(Cl)c2)C1=O. The maximum absolute atomic E-state index is 12.8. The quantitative estimate of drug-likeness (QED) is 0.770. The van der Waals surface area contributed by atoms with Crippen molar-refractivity contribution in [2.75, 3.05) is 22.6 Å². The van der Waals surface area contributed by atoms with Gasteiger partial charge in [-0.15, -0.1) is 0 Å². The van der Waals surface area contributed by atoms with Crippen LogP contribution in [0.25, 0.3) is 0 Å². The number of carbonyl (C=O) groups is 3. The van der Waals surface area contributed by atoms with Crippen molar-refractivity contribution in [3.05, 3.63) is 47.5 Å². The average molecular weight is 388 g/mol. The molecule has 3 rings (SSSR count). The highest BCUT2D eigenvalue weighted by Crippen LogP contribution is 2.32. The minimum atomic E-state index is -0.752. The third-order valence-electron chi connectivity index (χ3n) is 4.06. The Morgan fingerprint density at radius 3 is 2.67 bits per heavy atom. The molecule has 2 aromatic carbocycles. The Hall–Kier alpha value is -3.06. The fourth-order valence-electron chi connectivity index (χ4n) is 2.92. The number of nitrogens with one attached hydrogen (secondary N) is 2. The molecule has 8 heteroatoms. The Labute approximate surface area is 161 Å². The van der Waals surface area contributed by atoms with Crippen LogP contribution in [0.5, 0.6) is 5.75 Å². The monoisotopic (exact) mass is 387 g/mol. The van der Waals surface area contributed by atoms with Crippen LogP contribution < -0.4 is 20.3 Å². The molecule has 3 amide bonds. The molecular weight excluding hydrogens is 370 g/mol. The number of methoxy groups -OCH3 is 1. The third kappa shape index (κ3) is 4.03. The van der Waals surface area contributed by atoms with Crippen molar-refractivity contribution in [2.24, 2.45) is 0 Å². The second kappa shape index (κ2) is 7.67. The number of ether oxygens (including phenoxy) is 1. The molecule has 7 nitrogen and oxygen atoms in total. The predicted molar refractivity (Wildman–Crippen MR) is 103 cm³/mol. The van der Waals surface area contributed by atoms with Gasteiger partial charge in [0.15, 0.2) is 0 Å². The van der Waals surface area contributed by atoms with Crippen molar-refractivity contribution in [1.29, 1.82) is 0 Å². The van der Waals surface area contributed by atoms with E-state index >= 15 is 0 Å². The molecule has 0 radical (unpaired) electrons. The lowest BCUT2D eigenvalue weighted by molar-refractivity contribution is -0.121. The van der Waals surface area contributed by atoms with Crippen molar-refractivity contribution in [1.82, 2.24) is 0 Å². The van der Waals surface area contributed by atoms with Crippen LogP contribution in [0.4, 0.5) is 17.1 Å². The summed E-state index contributed by atoms with van der Waals surface area (Å²) in [6.45, 7) is 1.40. The molecule has 27 heavy (non-hydrogen) atoms. The van der Waals surface area contributed by atoms with E-state index in [9.17, 15) is 14.4 Å². The van der Waals surface area contributed by atoms with Gasteiger partial charge in [0.2, 0.25) is 11.8 Å². The molecule has 1 aliphatic heterocycles. The maximum Gasteiger partial charge on any atom is 0.256 e. The highest BCUT2D eigenvalue weighted by Gasteiger charge is 2.40. The molecule has 2 N–H and O–H groups in total. The van der Waals surface area contributed by atoms with Gasteiger partial charge in [0, 0.05) is 17.6 Å². The first-order valence-electron chi connectivity index (χ1n) is 8.23. The van der Waals surface area contributed by atoms with Gasteiger partial charge in [0.25, 0.3) is 5.91 Å². The molecule has 0 spiro atoms. The van der Waals surface area contributed by atoms with Gasteiger partial charge in [-0.2, -0.15) is 0 Å².